The maximum Gasteiger partial charge on any atom is 0.104 e. The molecule has 0 atom stereocenters. The SMILES string of the molecule is N#Cc1c(-n2c3cc(-c4ccccc4)ccc3c3ccc(-c4ccccc4)cc32)cc(-c2cccc(-c3ccccc3)n2)cc1-n1c2cc(-c3ccccc3)ccc2c2ccc(-c3ccccc3)cc21. The molecule has 0 aliphatic heterocycles. The highest BCUT2D eigenvalue weighted by Gasteiger charge is 2.24. The molecule has 3 heterocycles. The zero-order valence-corrected chi connectivity index (χ0v) is 38.0. The fourth-order valence-corrected chi connectivity index (χ4v) is 10.4. The summed E-state index contributed by atoms with van der Waals surface area (Å²) in [4.78, 5) is 5.38. The third-order valence-corrected chi connectivity index (χ3v) is 13.8. The summed E-state index contributed by atoms with van der Waals surface area (Å²) < 4.78 is 4.66. The second kappa shape index (κ2) is 16.9. The summed E-state index contributed by atoms with van der Waals surface area (Å²) in [7, 11) is 0. The third kappa shape index (κ3) is 6.96. The van der Waals surface area contributed by atoms with Gasteiger partial charge < -0.3 is 9.13 Å². The molecule has 0 saturated carbocycles. The molecule has 70 heavy (non-hydrogen) atoms. The minimum Gasteiger partial charge on any atom is -0.308 e. The fraction of sp³-hybridized carbons (Fsp3) is 0. The van der Waals surface area contributed by atoms with Crippen LogP contribution in [0, 0.1) is 11.3 Å². The first-order chi connectivity index (χ1) is 34.7. The molecule has 0 saturated heterocycles. The first-order valence-corrected chi connectivity index (χ1v) is 23.7. The van der Waals surface area contributed by atoms with Gasteiger partial charge in [-0.25, -0.2) is 4.98 Å². The van der Waals surface area contributed by atoms with Crippen LogP contribution in [0.2, 0.25) is 0 Å². The Bertz CT molecular complexity index is 3730. The van der Waals surface area contributed by atoms with Crippen LogP contribution in [0.1, 0.15) is 5.56 Å². The van der Waals surface area contributed by atoms with E-state index in [2.05, 4.69) is 252 Å². The van der Waals surface area contributed by atoms with E-state index >= 15 is 0 Å². The predicted octanol–water partition coefficient (Wildman–Crippen LogP) is 17.1. The molecular weight excluding hydrogens is 849 g/mol. The maximum atomic E-state index is 12.0. The van der Waals surface area contributed by atoms with Crippen LogP contribution in [0.3, 0.4) is 0 Å². The first kappa shape index (κ1) is 40.7. The number of nitrogens with zero attached hydrogens (tertiary/aromatic N) is 4. The minimum atomic E-state index is 0.547. The van der Waals surface area contributed by atoms with Crippen LogP contribution in [-0.4, -0.2) is 14.1 Å². The largest absolute Gasteiger partial charge is 0.308 e. The molecule has 13 aromatic rings. The Morgan fingerprint density at radius 3 is 0.886 bits per heavy atom. The summed E-state index contributed by atoms with van der Waals surface area (Å²) in [6, 6.07) is 92.8. The molecular formula is C66H42N4. The van der Waals surface area contributed by atoms with Crippen LogP contribution in [0.5, 0.6) is 0 Å². The van der Waals surface area contributed by atoms with Crippen LogP contribution in [0.4, 0.5) is 0 Å². The summed E-state index contributed by atoms with van der Waals surface area (Å²) in [6.07, 6.45) is 0. The topological polar surface area (TPSA) is 46.5 Å². The van der Waals surface area contributed by atoms with Crippen molar-refractivity contribution in [2.75, 3.05) is 0 Å². The molecule has 0 spiro atoms. The lowest BCUT2D eigenvalue weighted by atomic mass is 10.0. The van der Waals surface area contributed by atoms with E-state index in [4.69, 9.17) is 4.98 Å². The van der Waals surface area contributed by atoms with Crippen LogP contribution in [0.25, 0.3) is 122 Å². The van der Waals surface area contributed by atoms with Crippen LogP contribution < -0.4 is 0 Å². The van der Waals surface area contributed by atoms with E-state index in [1.54, 1.807) is 0 Å². The number of nitriles is 1. The van der Waals surface area contributed by atoms with Gasteiger partial charge in [-0.2, -0.15) is 5.26 Å². The molecule has 13 rings (SSSR count). The van der Waals surface area contributed by atoms with Crippen molar-refractivity contribution in [3.8, 4) is 84.5 Å². The van der Waals surface area contributed by atoms with Gasteiger partial charge in [0.25, 0.3) is 0 Å². The van der Waals surface area contributed by atoms with Crippen LogP contribution in [0.15, 0.2) is 255 Å². The summed E-state index contributed by atoms with van der Waals surface area (Å²) in [5.41, 5.74) is 18.6. The van der Waals surface area contributed by atoms with Crippen molar-refractivity contribution in [2.45, 2.75) is 0 Å². The Kier molecular flexibility index (Phi) is 9.85. The van der Waals surface area contributed by atoms with E-state index in [1.165, 1.54) is 0 Å². The standard InChI is InChI=1S/C66H42N4/c67-43-58-65(69-61-37-49(44-17-6-1-7-18-44)29-33-54(61)55-34-30-50(38-62(55)69)45-19-8-2-9-20-45)41-53(60-28-16-27-59(68-60)48-25-14-5-15-26-48)42-66(58)70-63-39-51(46-21-10-3-11-22-46)31-35-56(63)57-36-32-52(40-64(57)70)47-23-12-4-13-24-47/h1-42H. The molecule has 0 bridgehead atoms. The molecule has 0 aliphatic carbocycles. The van der Waals surface area contributed by atoms with Gasteiger partial charge in [0.05, 0.1) is 44.8 Å². The quantitative estimate of drug-likeness (QED) is 0.153. The number of hydrogen-bond donors (Lipinski definition) is 0. The molecule has 0 N–H and O–H groups in total. The number of hydrogen-bond acceptors (Lipinski definition) is 2. The Hall–Kier alpha value is -9.56. The van der Waals surface area contributed by atoms with Crippen molar-refractivity contribution < 1.29 is 0 Å². The number of benzene rings is 10. The van der Waals surface area contributed by atoms with E-state index in [9.17, 15) is 5.26 Å². The second-order valence-corrected chi connectivity index (χ2v) is 17.8. The maximum absolute atomic E-state index is 12.0. The minimum absolute atomic E-state index is 0.547. The Morgan fingerprint density at radius 2 is 0.571 bits per heavy atom. The molecule has 4 heteroatoms. The summed E-state index contributed by atoms with van der Waals surface area (Å²) >= 11 is 0. The Labute approximate surface area is 405 Å². The molecule has 0 radical (unpaired) electrons. The normalized spacial score (nSPS) is 11.4. The van der Waals surface area contributed by atoms with E-state index in [1.807, 2.05) is 18.2 Å². The second-order valence-electron chi connectivity index (χ2n) is 17.8. The van der Waals surface area contributed by atoms with Crippen molar-refractivity contribution in [3.05, 3.63) is 260 Å². The molecule has 0 unspecified atom stereocenters. The van der Waals surface area contributed by atoms with E-state index in [0.29, 0.717) is 5.56 Å². The molecule has 3 aromatic heterocycles. The third-order valence-electron chi connectivity index (χ3n) is 13.8. The summed E-state index contributed by atoms with van der Waals surface area (Å²) in [5, 5.41) is 16.4. The van der Waals surface area contributed by atoms with Gasteiger partial charge in [0.1, 0.15) is 11.6 Å². The highest BCUT2D eigenvalue weighted by molar-refractivity contribution is 6.13. The van der Waals surface area contributed by atoms with Gasteiger partial charge in [-0.3, -0.25) is 0 Å². The van der Waals surface area contributed by atoms with Gasteiger partial charge in [-0.1, -0.05) is 206 Å². The zero-order chi connectivity index (χ0) is 46.5. The molecule has 0 amide bonds. The zero-order valence-electron chi connectivity index (χ0n) is 38.0. The van der Waals surface area contributed by atoms with Gasteiger partial charge in [-0.15, -0.1) is 0 Å². The van der Waals surface area contributed by atoms with Gasteiger partial charge in [0.2, 0.25) is 0 Å². The van der Waals surface area contributed by atoms with Crippen molar-refractivity contribution in [1.29, 1.82) is 5.26 Å². The molecule has 10 aromatic carbocycles. The molecule has 4 nitrogen and oxygen atoms in total. The molecule has 326 valence electrons. The lowest BCUT2D eigenvalue weighted by Gasteiger charge is -2.19. The van der Waals surface area contributed by atoms with Crippen molar-refractivity contribution in [1.82, 2.24) is 14.1 Å². The van der Waals surface area contributed by atoms with Gasteiger partial charge >= 0.3 is 0 Å². The van der Waals surface area contributed by atoms with Gasteiger partial charge in [0, 0.05) is 32.7 Å². The smallest absolute Gasteiger partial charge is 0.104 e. The van der Waals surface area contributed by atoms with E-state index < -0.39 is 0 Å². The number of pyridine rings is 1. The average molecular weight is 891 g/mol. The average Bonchev–Trinajstić information content (AvgIpc) is 3.95. The summed E-state index contributed by atoms with van der Waals surface area (Å²) in [5.74, 6) is 0. The number of fused-ring (bicyclic) bond motifs is 6. The van der Waals surface area contributed by atoms with Gasteiger partial charge in [0.15, 0.2) is 0 Å². The monoisotopic (exact) mass is 890 g/mol. The van der Waals surface area contributed by atoms with Crippen molar-refractivity contribution in [3.63, 3.8) is 0 Å². The molecule has 0 aliphatic rings. The van der Waals surface area contributed by atoms with Crippen LogP contribution in [-0.2, 0) is 0 Å². The Balaban J connectivity index is 1.18. The lowest BCUT2D eigenvalue weighted by molar-refractivity contribution is 1.12. The predicted molar refractivity (Wildman–Crippen MR) is 290 cm³/mol. The summed E-state index contributed by atoms with van der Waals surface area (Å²) in [6.45, 7) is 0. The highest BCUT2D eigenvalue weighted by Crippen LogP contribution is 2.43. The highest BCUT2D eigenvalue weighted by atomic mass is 15.0. The number of aromatic nitrogens is 3. The lowest BCUT2D eigenvalue weighted by Crippen LogP contribution is -2.06. The van der Waals surface area contributed by atoms with Gasteiger partial charge in [-0.05, 0) is 93.0 Å². The Morgan fingerprint density at radius 1 is 0.271 bits per heavy atom. The van der Waals surface area contributed by atoms with Crippen molar-refractivity contribution in [2.24, 2.45) is 0 Å². The van der Waals surface area contributed by atoms with E-state index in [0.717, 1.165) is 122 Å². The first-order valence-electron chi connectivity index (χ1n) is 23.7. The fourth-order valence-electron chi connectivity index (χ4n) is 10.4. The van der Waals surface area contributed by atoms with E-state index in [-0.39, 0.29) is 0 Å². The number of rotatable bonds is 8. The molecule has 0 fully saturated rings. The van der Waals surface area contributed by atoms with Crippen molar-refractivity contribution >= 4 is 43.6 Å². The van der Waals surface area contributed by atoms with Crippen LogP contribution >= 0.6 is 0 Å².